The van der Waals surface area contributed by atoms with Gasteiger partial charge in [0.25, 0.3) is 11.8 Å². The molecule has 0 aliphatic carbocycles. The Morgan fingerprint density at radius 1 is 1.27 bits per heavy atom. The van der Waals surface area contributed by atoms with E-state index in [1.54, 1.807) is 30.8 Å². The molecule has 1 aliphatic heterocycles. The second-order valence-corrected chi connectivity index (χ2v) is 6.53. The number of imide groups is 1. The first-order valence-corrected chi connectivity index (χ1v) is 8.37. The second-order valence-electron chi connectivity index (χ2n) is 6.53. The number of aromatic nitrogens is 2. The van der Waals surface area contributed by atoms with Gasteiger partial charge in [-0.15, -0.1) is 0 Å². The van der Waals surface area contributed by atoms with Crippen molar-refractivity contribution in [3.05, 3.63) is 54.1 Å². The first-order valence-electron chi connectivity index (χ1n) is 8.37. The maximum Gasteiger partial charge on any atom is 0.344 e. The molecule has 1 atom stereocenters. The Morgan fingerprint density at radius 3 is 2.65 bits per heavy atom. The molecule has 2 aromatic rings. The summed E-state index contributed by atoms with van der Waals surface area (Å²) in [5, 5.41) is 3.44. The molecule has 0 saturated carbocycles. The maximum atomic E-state index is 12.7. The molecule has 1 aromatic carbocycles. The average molecular weight is 355 g/mol. The molecule has 136 valence electrons. The van der Waals surface area contributed by atoms with Crippen molar-refractivity contribution in [1.82, 2.24) is 25.3 Å². The number of aryl methyl sites for hydroxylation is 2. The zero-order valence-electron chi connectivity index (χ0n) is 14.7. The molecule has 4 amide bonds. The molecule has 0 spiro atoms. The van der Waals surface area contributed by atoms with Gasteiger partial charge in [0, 0.05) is 12.4 Å². The van der Waals surface area contributed by atoms with Crippen LogP contribution in [0, 0.1) is 6.92 Å². The number of amides is 4. The van der Waals surface area contributed by atoms with Crippen LogP contribution < -0.4 is 10.7 Å². The summed E-state index contributed by atoms with van der Waals surface area (Å²) in [6.07, 6.45) is 4.32. The fourth-order valence-corrected chi connectivity index (χ4v) is 2.88. The van der Waals surface area contributed by atoms with Crippen LogP contribution in [0.1, 0.15) is 24.7 Å². The summed E-state index contributed by atoms with van der Waals surface area (Å²) in [6.45, 7) is 3.41. The van der Waals surface area contributed by atoms with Gasteiger partial charge >= 0.3 is 6.03 Å². The first-order chi connectivity index (χ1) is 12.4. The predicted octanol–water partition coefficient (Wildman–Crippen LogP) is 1.17. The van der Waals surface area contributed by atoms with E-state index in [4.69, 9.17) is 0 Å². The van der Waals surface area contributed by atoms with Crippen molar-refractivity contribution in [3.63, 3.8) is 0 Å². The predicted molar refractivity (Wildman–Crippen MR) is 93.7 cm³/mol. The number of nitrogens with one attached hydrogen (secondary N) is 2. The van der Waals surface area contributed by atoms with Crippen molar-refractivity contribution in [2.45, 2.75) is 38.8 Å². The molecule has 26 heavy (non-hydrogen) atoms. The van der Waals surface area contributed by atoms with E-state index in [0.29, 0.717) is 18.7 Å². The Hall–Kier alpha value is -3.16. The molecule has 1 aliphatic rings. The van der Waals surface area contributed by atoms with E-state index in [1.807, 2.05) is 30.3 Å². The molecule has 3 rings (SSSR count). The number of benzene rings is 1. The third-order valence-corrected chi connectivity index (χ3v) is 4.49. The van der Waals surface area contributed by atoms with E-state index in [1.165, 1.54) is 0 Å². The Morgan fingerprint density at radius 2 is 2.00 bits per heavy atom. The van der Waals surface area contributed by atoms with Gasteiger partial charge in [-0.1, -0.05) is 30.3 Å². The molecule has 0 bridgehead atoms. The summed E-state index contributed by atoms with van der Waals surface area (Å²) < 4.78 is 1.63. The van der Waals surface area contributed by atoms with Gasteiger partial charge in [0.1, 0.15) is 17.9 Å². The van der Waals surface area contributed by atoms with Gasteiger partial charge in [0.05, 0.1) is 0 Å². The Kier molecular flexibility index (Phi) is 4.75. The fraction of sp³-hybridized carbons (Fsp3) is 0.333. The lowest BCUT2D eigenvalue weighted by Crippen LogP contribution is -2.49. The van der Waals surface area contributed by atoms with Crippen LogP contribution in [-0.2, 0) is 22.6 Å². The third kappa shape index (κ3) is 3.58. The smallest absolute Gasteiger partial charge is 0.326 e. The van der Waals surface area contributed by atoms with Gasteiger partial charge in [0.2, 0.25) is 0 Å². The SMILES string of the molecule is Cc1nccn1CC(=O)NN1C(=O)NC(C)(CCc2ccccc2)C1=O. The highest BCUT2D eigenvalue weighted by Crippen LogP contribution is 2.22. The molecule has 0 radical (unpaired) electrons. The van der Waals surface area contributed by atoms with E-state index in [9.17, 15) is 14.4 Å². The van der Waals surface area contributed by atoms with Crippen molar-refractivity contribution < 1.29 is 14.4 Å². The van der Waals surface area contributed by atoms with Gasteiger partial charge in [0.15, 0.2) is 0 Å². The van der Waals surface area contributed by atoms with Crippen molar-refractivity contribution in [2.24, 2.45) is 0 Å². The van der Waals surface area contributed by atoms with Crippen LogP contribution in [0.3, 0.4) is 0 Å². The summed E-state index contributed by atoms with van der Waals surface area (Å²) in [5.41, 5.74) is 2.41. The lowest BCUT2D eigenvalue weighted by molar-refractivity contribution is -0.139. The summed E-state index contributed by atoms with van der Waals surface area (Å²) in [6, 6.07) is 9.10. The molecular formula is C18H21N5O3. The van der Waals surface area contributed by atoms with Gasteiger partial charge in [-0.2, -0.15) is 5.01 Å². The molecular weight excluding hydrogens is 334 g/mol. The number of nitrogens with zero attached hydrogens (tertiary/aromatic N) is 3. The number of hydrogen-bond acceptors (Lipinski definition) is 4. The number of hydrogen-bond donors (Lipinski definition) is 2. The first kappa shape index (κ1) is 17.7. The van der Waals surface area contributed by atoms with E-state index in [0.717, 1.165) is 10.6 Å². The molecule has 8 nitrogen and oxygen atoms in total. The molecule has 2 N–H and O–H groups in total. The van der Waals surface area contributed by atoms with Gasteiger partial charge in [-0.25, -0.2) is 9.78 Å². The summed E-state index contributed by atoms with van der Waals surface area (Å²) in [5.74, 6) is -0.263. The largest absolute Gasteiger partial charge is 0.344 e. The standard InChI is InChI=1S/C18H21N5O3/c1-13-19-10-11-22(13)12-15(24)21-23-16(25)18(2,20-17(23)26)9-8-14-6-4-3-5-7-14/h3-7,10-11H,8-9,12H2,1-2H3,(H,20,26)(H,21,24). The number of hydrazine groups is 1. The van der Waals surface area contributed by atoms with Crippen LogP contribution in [0.4, 0.5) is 4.79 Å². The maximum absolute atomic E-state index is 12.7. The molecule has 1 unspecified atom stereocenters. The summed E-state index contributed by atoms with van der Waals surface area (Å²) in [7, 11) is 0. The van der Waals surface area contributed by atoms with Crippen LogP contribution >= 0.6 is 0 Å². The molecule has 1 fully saturated rings. The lowest BCUT2D eigenvalue weighted by atomic mass is 9.93. The summed E-state index contributed by atoms with van der Waals surface area (Å²) in [4.78, 5) is 41.0. The molecule has 8 heteroatoms. The van der Waals surface area contributed by atoms with Gasteiger partial charge in [-0.05, 0) is 32.3 Å². The highest BCUT2D eigenvalue weighted by atomic mass is 16.2. The van der Waals surface area contributed by atoms with Crippen molar-refractivity contribution >= 4 is 17.8 Å². The number of carbonyl (C=O) groups excluding carboxylic acids is 3. The van der Waals surface area contributed by atoms with Crippen molar-refractivity contribution in [2.75, 3.05) is 0 Å². The normalized spacial score (nSPS) is 19.5. The minimum absolute atomic E-state index is 0.0242. The number of imidazole rings is 1. The monoisotopic (exact) mass is 355 g/mol. The van der Waals surface area contributed by atoms with Crippen molar-refractivity contribution in [1.29, 1.82) is 0 Å². The van der Waals surface area contributed by atoms with E-state index < -0.39 is 23.4 Å². The Labute approximate surface area is 151 Å². The molecule has 1 saturated heterocycles. The average Bonchev–Trinajstić information content (AvgIpc) is 3.11. The number of carbonyl (C=O) groups is 3. The minimum atomic E-state index is -1.05. The molecule has 1 aromatic heterocycles. The molecule has 2 heterocycles. The van der Waals surface area contributed by atoms with Crippen LogP contribution in [0.25, 0.3) is 0 Å². The zero-order chi connectivity index (χ0) is 18.7. The lowest BCUT2D eigenvalue weighted by Gasteiger charge is -2.21. The van der Waals surface area contributed by atoms with E-state index in [-0.39, 0.29) is 6.54 Å². The van der Waals surface area contributed by atoms with Crippen LogP contribution in [0.2, 0.25) is 0 Å². The zero-order valence-corrected chi connectivity index (χ0v) is 14.7. The topological polar surface area (TPSA) is 96.3 Å². The van der Waals surface area contributed by atoms with Crippen LogP contribution in [0.5, 0.6) is 0 Å². The quantitative estimate of drug-likeness (QED) is 0.760. The van der Waals surface area contributed by atoms with Crippen molar-refractivity contribution in [3.8, 4) is 0 Å². The van der Waals surface area contributed by atoms with E-state index in [2.05, 4.69) is 15.7 Å². The minimum Gasteiger partial charge on any atom is -0.326 e. The van der Waals surface area contributed by atoms with Crippen LogP contribution in [-0.4, -0.2) is 37.9 Å². The van der Waals surface area contributed by atoms with Gasteiger partial charge in [-0.3, -0.25) is 15.0 Å². The van der Waals surface area contributed by atoms with Gasteiger partial charge < -0.3 is 9.88 Å². The van der Waals surface area contributed by atoms with E-state index >= 15 is 0 Å². The third-order valence-electron chi connectivity index (χ3n) is 4.49. The Balaban J connectivity index is 1.62. The highest BCUT2D eigenvalue weighted by molar-refractivity contribution is 6.07. The highest BCUT2D eigenvalue weighted by Gasteiger charge is 2.48. The van der Waals surface area contributed by atoms with Crippen LogP contribution in [0.15, 0.2) is 42.7 Å². The fourth-order valence-electron chi connectivity index (χ4n) is 2.88. The number of rotatable bonds is 6. The number of urea groups is 1. The Bertz CT molecular complexity index is 832. The second kappa shape index (κ2) is 6.99. The summed E-state index contributed by atoms with van der Waals surface area (Å²) >= 11 is 0.